The monoisotopic (exact) mass is 353 g/mol. The summed E-state index contributed by atoms with van der Waals surface area (Å²) < 4.78 is 27.7. The van der Waals surface area contributed by atoms with E-state index in [9.17, 15) is 18.4 Å². The smallest absolute Gasteiger partial charge is 0.221 e. The van der Waals surface area contributed by atoms with Crippen LogP contribution in [0.4, 0.5) is 14.5 Å². The molecule has 2 aromatic rings. The van der Waals surface area contributed by atoms with Crippen molar-refractivity contribution in [2.24, 2.45) is 0 Å². The van der Waals surface area contributed by atoms with Gasteiger partial charge in [-0.3, -0.25) is 9.59 Å². The summed E-state index contributed by atoms with van der Waals surface area (Å²) in [7, 11) is 0. The van der Waals surface area contributed by atoms with Crippen molar-refractivity contribution >= 4 is 33.3 Å². The van der Waals surface area contributed by atoms with Gasteiger partial charge in [0.25, 0.3) is 0 Å². The molecule has 0 atom stereocenters. The van der Waals surface area contributed by atoms with E-state index >= 15 is 0 Å². The van der Waals surface area contributed by atoms with Gasteiger partial charge in [0, 0.05) is 22.6 Å². The number of rotatable bonds is 3. The van der Waals surface area contributed by atoms with Gasteiger partial charge in [-0.25, -0.2) is 8.78 Å². The molecule has 6 heteroatoms. The molecule has 3 nitrogen and oxygen atoms in total. The van der Waals surface area contributed by atoms with Crippen molar-refractivity contribution in [3.05, 3.63) is 63.6 Å². The van der Waals surface area contributed by atoms with E-state index in [2.05, 4.69) is 21.2 Å². The van der Waals surface area contributed by atoms with Crippen LogP contribution in [0, 0.1) is 11.6 Å². The summed E-state index contributed by atoms with van der Waals surface area (Å²) in [5.74, 6) is -2.87. The second-order valence-corrected chi connectivity index (χ2v) is 5.25. The van der Waals surface area contributed by atoms with Crippen molar-refractivity contribution in [3.8, 4) is 0 Å². The number of amides is 1. The SMILES string of the molecule is CC(=O)Nc1ccc(C(=O)c2c(F)cc(Br)cc2F)cc1. The van der Waals surface area contributed by atoms with Crippen LogP contribution in [-0.4, -0.2) is 11.7 Å². The number of nitrogens with one attached hydrogen (secondary N) is 1. The molecule has 0 radical (unpaired) electrons. The van der Waals surface area contributed by atoms with Crippen LogP contribution >= 0.6 is 15.9 Å². The molecule has 0 aliphatic rings. The van der Waals surface area contributed by atoms with Gasteiger partial charge in [-0.05, 0) is 36.4 Å². The van der Waals surface area contributed by atoms with Gasteiger partial charge in [-0.15, -0.1) is 0 Å². The highest BCUT2D eigenvalue weighted by Crippen LogP contribution is 2.22. The molecule has 2 rings (SSSR count). The number of hydrogen-bond acceptors (Lipinski definition) is 2. The Hall–Kier alpha value is -2.08. The van der Waals surface area contributed by atoms with Gasteiger partial charge in [0.2, 0.25) is 5.91 Å². The normalized spacial score (nSPS) is 10.3. The van der Waals surface area contributed by atoms with E-state index in [-0.39, 0.29) is 15.9 Å². The fraction of sp³-hybridized carbons (Fsp3) is 0.0667. The van der Waals surface area contributed by atoms with Crippen molar-refractivity contribution in [1.29, 1.82) is 0 Å². The molecule has 0 saturated carbocycles. The molecule has 0 fully saturated rings. The number of ketones is 1. The van der Waals surface area contributed by atoms with E-state index in [1.807, 2.05) is 0 Å². The summed E-state index contributed by atoms with van der Waals surface area (Å²) >= 11 is 2.95. The maximum absolute atomic E-state index is 13.8. The molecule has 0 spiro atoms. The number of carbonyl (C=O) groups excluding carboxylic acids is 2. The lowest BCUT2D eigenvalue weighted by atomic mass is 10.0. The zero-order chi connectivity index (χ0) is 15.6. The van der Waals surface area contributed by atoms with E-state index in [1.165, 1.54) is 31.2 Å². The predicted octanol–water partition coefficient (Wildman–Crippen LogP) is 3.92. The lowest BCUT2D eigenvalue weighted by molar-refractivity contribution is -0.114. The van der Waals surface area contributed by atoms with E-state index in [0.29, 0.717) is 5.69 Å². The Morgan fingerprint density at radius 2 is 1.57 bits per heavy atom. The van der Waals surface area contributed by atoms with Gasteiger partial charge in [0.1, 0.15) is 11.6 Å². The summed E-state index contributed by atoms with van der Waals surface area (Å²) in [6.45, 7) is 1.35. The third-order valence-electron chi connectivity index (χ3n) is 2.70. The number of hydrogen-bond donors (Lipinski definition) is 1. The van der Waals surface area contributed by atoms with Gasteiger partial charge in [0.05, 0.1) is 5.56 Å². The van der Waals surface area contributed by atoms with Crippen LogP contribution in [0.3, 0.4) is 0 Å². The Morgan fingerprint density at radius 3 is 2.05 bits per heavy atom. The highest BCUT2D eigenvalue weighted by atomic mass is 79.9. The molecule has 0 heterocycles. The van der Waals surface area contributed by atoms with Crippen LogP contribution in [-0.2, 0) is 4.79 Å². The topological polar surface area (TPSA) is 46.2 Å². The van der Waals surface area contributed by atoms with E-state index in [4.69, 9.17) is 0 Å². The first kappa shape index (κ1) is 15.3. The van der Waals surface area contributed by atoms with Gasteiger partial charge in [-0.2, -0.15) is 0 Å². The molecular weight excluding hydrogens is 344 g/mol. The van der Waals surface area contributed by atoms with E-state index < -0.39 is 23.0 Å². The van der Waals surface area contributed by atoms with Crippen LogP contribution in [0.15, 0.2) is 40.9 Å². The Balaban J connectivity index is 2.34. The molecule has 21 heavy (non-hydrogen) atoms. The van der Waals surface area contributed by atoms with Crippen molar-refractivity contribution in [2.75, 3.05) is 5.32 Å². The van der Waals surface area contributed by atoms with Gasteiger partial charge in [0.15, 0.2) is 5.78 Å². The summed E-state index contributed by atoms with van der Waals surface area (Å²) in [6, 6.07) is 7.83. The molecule has 1 amide bonds. The molecule has 2 aromatic carbocycles. The number of anilines is 1. The Kier molecular flexibility index (Phi) is 4.47. The summed E-state index contributed by atoms with van der Waals surface area (Å²) in [6.07, 6.45) is 0. The highest BCUT2D eigenvalue weighted by Gasteiger charge is 2.19. The van der Waals surface area contributed by atoms with Crippen LogP contribution in [0.1, 0.15) is 22.8 Å². The minimum atomic E-state index is -0.933. The zero-order valence-corrected chi connectivity index (χ0v) is 12.5. The molecule has 0 saturated heterocycles. The quantitative estimate of drug-likeness (QED) is 0.850. The second kappa shape index (κ2) is 6.13. The third-order valence-corrected chi connectivity index (χ3v) is 3.16. The first-order valence-electron chi connectivity index (χ1n) is 5.95. The van der Waals surface area contributed by atoms with Crippen LogP contribution < -0.4 is 5.32 Å². The average molecular weight is 354 g/mol. The molecule has 0 bridgehead atoms. The lowest BCUT2D eigenvalue weighted by Gasteiger charge is -2.07. The molecule has 0 unspecified atom stereocenters. The maximum Gasteiger partial charge on any atom is 0.221 e. The Bertz CT molecular complexity index is 691. The lowest BCUT2D eigenvalue weighted by Crippen LogP contribution is -2.09. The molecule has 1 N–H and O–H groups in total. The number of carbonyl (C=O) groups is 2. The standard InChI is InChI=1S/C15H10BrF2NO2/c1-8(20)19-11-4-2-9(3-5-11)15(21)14-12(17)6-10(16)7-13(14)18/h2-7H,1H3,(H,19,20). The van der Waals surface area contributed by atoms with E-state index in [0.717, 1.165) is 12.1 Å². The van der Waals surface area contributed by atoms with Crippen molar-refractivity contribution < 1.29 is 18.4 Å². The summed E-state index contributed by atoms with van der Waals surface area (Å²) in [4.78, 5) is 23.0. The molecule has 0 aliphatic carbocycles. The number of benzene rings is 2. The average Bonchev–Trinajstić information content (AvgIpc) is 2.37. The molecular formula is C15H10BrF2NO2. The Morgan fingerprint density at radius 1 is 1.05 bits per heavy atom. The van der Waals surface area contributed by atoms with E-state index in [1.54, 1.807) is 0 Å². The highest BCUT2D eigenvalue weighted by molar-refractivity contribution is 9.10. The first-order chi connectivity index (χ1) is 9.88. The van der Waals surface area contributed by atoms with Crippen LogP contribution in [0.5, 0.6) is 0 Å². The summed E-state index contributed by atoms with van der Waals surface area (Å²) in [5.41, 5.74) is 0.0190. The minimum absolute atomic E-state index is 0.129. The van der Waals surface area contributed by atoms with Crippen LogP contribution in [0.2, 0.25) is 0 Å². The van der Waals surface area contributed by atoms with Crippen molar-refractivity contribution in [3.63, 3.8) is 0 Å². The van der Waals surface area contributed by atoms with Gasteiger partial charge < -0.3 is 5.32 Å². The van der Waals surface area contributed by atoms with Crippen molar-refractivity contribution in [2.45, 2.75) is 6.92 Å². The fourth-order valence-electron chi connectivity index (χ4n) is 1.81. The van der Waals surface area contributed by atoms with Gasteiger partial charge in [-0.1, -0.05) is 15.9 Å². The molecule has 108 valence electrons. The largest absolute Gasteiger partial charge is 0.326 e. The third kappa shape index (κ3) is 3.52. The number of halogens is 3. The molecule has 0 aliphatic heterocycles. The summed E-state index contributed by atoms with van der Waals surface area (Å²) in [5, 5.41) is 2.54. The van der Waals surface area contributed by atoms with Crippen LogP contribution in [0.25, 0.3) is 0 Å². The molecule has 0 aromatic heterocycles. The van der Waals surface area contributed by atoms with Crippen molar-refractivity contribution in [1.82, 2.24) is 0 Å². The first-order valence-corrected chi connectivity index (χ1v) is 6.74. The minimum Gasteiger partial charge on any atom is -0.326 e. The predicted molar refractivity (Wildman–Crippen MR) is 78.2 cm³/mol. The maximum atomic E-state index is 13.8. The Labute approximate surface area is 128 Å². The zero-order valence-electron chi connectivity index (χ0n) is 10.9. The fourth-order valence-corrected chi connectivity index (χ4v) is 2.21. The van der Waals surface area contributed by atoms with Gasteiger partial charge >= 0.3 is 0 Å². The second-order valence-electron chi connectivity index (χ2n) is 4.33.